The summed E-state index contributed by atoms with van der Waals surface area (Å²) in [5.41, 5.74) is 3.25. The fourth-order valence-electron chi connectivity index (χ4n) is 4.06. The zero-order valence-electron chi connectivity index (χ0n) is 20.7. The molecule has 0 radical (unpaired) electrons. The van der Waals surface area contributed by atoms with Crippen LogP contribution >= 0.6 is 15.9 Å². The quantitative estimate of drug-likeness (QED) is 0.367. The molecular formula is C28H27BrN2O6. The zero-order chi connectivity index (χ0) is 26.5. The molecule has 37 heavy (non-hydrogen) atoms. The Morgan fingerprint density at radius 2 is 1.54 bits per heavy atom. The molecule has 9 heteroatoms. The van der Waals surface area contributed by atoms with Gasteiger partial charge in [0.15, 0.2) is 6.61 Å². The number of aryl methyl sites for hydroxylation is 2. The number of amides is 2. The summed E-state index contributed by atoms with van der Waals surface area (Å²) in [5.74, 6) is 0.154. The second-order valence-electron chi connectivity index (χ2n) is 8.76. The van der Waals surface area contributed by atoms with Crippen molar-refractivity contribution in [1.29, 1.82) is 0 Å². The predicted octanol–water partition coefficient (Wildman–Crippen LogP) is 5.40. The first-order chi connectivity index (χ1) is 17.7. The molecule has 192 valence electrons. The lowest BCUT2D eigenvalue weighted by Gasteiger charge is -2.17. The van der Waals surface area contributed by atoms with E-state index in [9.17, 15) is 14.4 Å². The van der Waals surface area contributed by atoms with Crippen molar-refractivity contribution < 1.29 is 28.6 Å². The van der Waals surface area contributed by atoms with Crippen molar-refractivity contribution in [2.45, 2.75) is 20.3 Å². The van der Waals surface area contributed by atoms with Gasteiger partial charge in [0, 0.05) is 28.8 Å². The van der Waals surface area contributed by atoms with E-state index in [1.54, 1.807) is 55.6 Å². The van der Waals surface area contributed by atoms with Crippen LogP contribution in [0.3, 0.4) is 0 Å². The van der Waals surface area contributed by atoms with E-state index >= 15 is 0 Å². The van der Waals surface area contributed by atoms with E-state index in [4.69, 9.17) is 14.2 Å². The van der Waals surface area contributed by atoms with Crippen LogP contribution in [0.2, 0.25) is 0 Å². The molecule has 4 rings (SSSR count). The van der Waals surface area contributed by atoms with Crippen LogP contribution in [-0.4, -0.2) is 38.0 Å². The molecule has 0 aliphatic carbocycles. The molecule has 2 amide bonds. The predicted molar refractivity (Wildman–Crippen MR) is 143 cm³/mol. The van der Waals surface area contributed by atoms with E-state index in [1.165, 1.54) is 4.90 Å². The minimum atomic E-state index is -0.646. The molecule has 0 aromatic heterocycles. The summed E-state index contributed by atoms with van der Waals surface area (Å²) in [5, 5.41) is 2.74. The van der Waals surface area contributed by atoms with Gasteiger partial charge in [-0.1, -0.05) is 15.9 Å². The maximum Gasteiger partial charge on any atom is 0.311 e. The molecular weight excluding hydrogens is 540 g/mol. The molecule has 1 aliphatic heterocycles. The number of halogens is 1. The Bertz CT molecular complexity index is 1280. The number of hydrogen-bond donors (Lipinski definition) is 1. The third-order valence-electron chi connectivity index (χ3n) is 5.97. The molecule has 1 N–H and O–H groups in total. The maximum absolute atomic E-state index is 12.6. The van der Waals surface area contributed by atoms with Crippen LogP contribution in [0.1, 0.15) is 17.5 Å². The van der Waals surface area contributed by atoms with Gasteiger partial charge in [0.2, 0.25) is 5.91 Å². The number of carbonyl (C=O) groups excluding carboxylic acids is 3. The average molecular weight is 567 g/mol. The molecule has 1 aliphatic rings. The smallest absolute Gasteiger partial charge is 0.311 e. The van der Waals surface area contributed by atoms with Crippen molar-refractivity contribution in [2.24, 2.45) is 5.92 Å². The number of nitrogens with zero attached hydrogens (tertiary/aromatic N) is 1. The highest BCUT2D eigenvalue weighted by molar-refractivity contribution is 9.10. The Morgan fingerprint density at radius 3 is 2.14 bits per heavy atom. The normalized spacial score (nSPS) is 14.9. The van der Waals surface area contributed by atoms with E-state index in [2.05, 4.69) is 21.2 Å². The van der Waals surface area contributed by atoms with Gasteiger partial charge in [0.25, 0.3) is 5.91 Å². The van der Waals surface area contributed by atoms with Gasteiger partial charge in [-0.05, 0) is 85.6 Å². The fraction of sp³-hybridized carbons (Fsp3) is 0.250. The number of hydrogen-bond acceptors (Lipinski definition) is 6. The Labute approximate surface area is 223 Å². The van der Waals surface area contributed by atoms with Crippen LogP contribution in [0.15, 0.2) is 65.1 Å². The zero-order valence-corrected chi connectivity index (χ0v) is 22.3. The highest BCUT2D eigenvalue weighted by atomic mass is 79.9. The molecule has 3 aromatic carbocycles. The highest BCUT2D eigenvalue weighted by Gasteiger charge is 2.36. The van der Waals surface area contributed by atoms with Gasteiger partial charge in [0.05, 0.1) is 13.0 Å². The molecule has 1 saturated heterocycles. The number of anilines is 2. The summed E-state index contributed by atoms with van der Waals surface area (Å²) in [6, 6.07) is 17.9. The minimum absolute atomic E-state index is 0.0235. The van der Waals surface area contributed by atoms with E-state index in [0.29, 0.717) is 22.9 Å². The van der Waals surface area contributed by atoms with E-state index in [1.807, 2.05) is 26.0 Å². The molecule has 0 bridgehead atoms. The van der Waals surface area contributed by atoms with Crippen molar-refractivity contribution in [1.82, 2.24) is 0 Å². The van der Waals surface area contributed by atoms with Gasteiger partial charge < -0.3 is 24.4 Å². The van der Waals surface area contributed by atoms with Crippen LogP contribution in [-0.2, 0) is 19.1 Å². The lowest BCUT2D eigenvalue weighted by molar-refractivity contribution is -0.151. The monoisotopic (exact) mass is 566 g/mol. The minimum Gasteiger partial charge on any atom is -0.497 e. The SMILES string of the molecule is COc1ccc(Oc2ccc(N3C[C@H](C(=O)OCC(=O)Nc4cc(C)c(Br)c(C)c4)CC3=O)cc2)cc1. The Balaban J connectivity index is 1.29. The third kappa shape index (κ3) is 6.48. The van der Waals surface area contributed by atoms with Gasteiger partial charge in [0.1, 0.15) is 17.2 Å². The van der Waals surface area contributed by atoms with Gasteiger partial charge in [-0.2, -0.15) is 0 Å². The molecule has 1 fully saturated rings. The van der Waals surface area contributed by atoms with Crippen molar-refractivity contribution in [2.75, 3.05) is 30.5 Å². The Morgan fingerprint density at radius 1 is 0.973 bits per heavy atom. The molecule has 3 aromatic rings. The van der Waals surface area contributed by atoms with Crippen molar-refractivity contribution >= 4 is 45.1 Å². The molecule has 0 saturated carbocycles. The van der Waals surface area contributed by atoms with E-state index in [-0.39, 0.29) is 18.9 Å². The summed E-state index contributed by atoms with van der Waals surface area (Å²) in [7, 11) is 1.60. The van der Waals surface area contributed by atoms with Gasteiger partial charge in [-0.25, -0.2) is 0 Å². The van der Waals surface area contributed by atoms with Crippen molar-refractivity contribution in [3.63, 3.8) is 0 Å². The first-order valence-electron chi connectivity index (χ1n) is 11.7. The summed E-state index contributed by atoms with van der Waals surface area (Å²) >= 11 is 3.49. The largest absolute Gasteiger partial charge is 0.497 e. The fourth-order valence-corrected chi connectivity index (χ4v) is 4.29. The van der Waals surface area contributed by atoms with Gasteiger partial charge in [-0.3, -0.25) is 14.4 Å². The molecule has 1 atom stereocenters. The highest BCUT2D eigenvalue weighted by Crippen LogP contribution is 2.30. The molecule has 8 nitrogen and oxygen atoms in total. The number of rotatable bonds is 8. The number of nitrogens with one attached hydrogen (secondary N) is 1. The van der Waals surface area contributed by atoms with Crippen LogP contribution in [0.25, 0.3) is 0 Å². The summed E-state index contributed by atoms with van der Waals surface area (Å²) in [4.78, 5) is 39.0. The van der Waals surface area contributed by atoms with Gasteiger partial charge >= 0.3 is 5.97 Å². The third-order valence-corrected chi connectivity index (χ3v) is 7.22. The average Bonchev–Trinajstić information content (AvgIpc) is 3.28. The van der Waals surface area contributed by atoms with Crippen LogP contribution in [0.4, 0.5) is 11.4 Å². The first kappa shape index (κ1) is 26.2. The maximum atomic E-state index is 12.6. The van der Waals surface area contributed by atoms with Crippen molar-refractivity contribution in [3.05, 3.63) is 76.3 Å². The van der Waals surface area contributed by atoms with Crippen molar-refractivity contribution in [3.8, 4) is 17.2 Å². The molecule has 0 unspecified atom stereocenters. The van der Waals surface area contributed by atoms with Crippen LogP contribution < -0.4 is 19.7 Å². The van der Waals surface area contributed by atoms with E-state index < -0.39 is 24.4 Å². The lowest BCUT2D eigenvalue weighted by atomic mass is 10.1. The molecule has 0 spiro atoms. The number of benzene rings is 3. The standard InChI is InChI=1S/C28H27BrN2O6/c1-17-12-20(13-18(2)27(17)29)30-25(32)16-36-28(34)19-14-26(33)31(15-19)21-4-6-23(7-5-21)37-24-10-8-22(35-3)9-11-24/h4-13,19H,14-16H2,1-3H3,(H,30,32)/t19-/m1/s1. The van der Waals surface area contributed by atoms with Crippen LogP contribution in [0.5, 0.6) is 17.2 Å². The summed E-state index contributed by atoms with van der Waals surface area (Å²) in [6.45, 7) is 3.62. The first-order valence-corrected chi connectivity index (χ1v) is 12.5. The van der Waals surface area contributed by atoms with Crippen LogP contribution in [0, 0.1) is 19.8 Å². The Hall–Kier alpha value is -3.85. The molecule has 1 heterocycles. The summed E-state index contributed by atoms with van der Waals surface area (Å²) in [6.07, 6.45) is 0.0235. The summed E-state index contributed by atoms with van der Waals surface area (Å²) < 4.78 is 17.2. The van der Waals surface area contributed by atoms with Gasteiger partial charge in [-0.15, -0.1) is 0 Å². The lowest BCUT2D eigenvalue weighted by Crippen LogP contribution is -2.28. The van der Waals surface area contributed by atoms with E-state index in [0.717, 1.165) is 21.3 Å². The second-order valence-corrected chi connectivity index (χ2v) is 9.55. The number of ether oxygens (including phenoxy) is 3. The topological polar surface area (TPSA) is 94.2 Å². The number of esters is 1. The Kier molecular flexibility index (Phi) is 8.13. The number of methoxy groups -OCH3 is 1. The number of carbonyl (C=O) groups is 3. The second kappa shape index (κ2) is 11.5.